The number of carbonyl (C=O) groups is 1. The molecule has 0 aliphatic carbocycles. The van der Waals surface area contributed by atoms with Gasteiger partial charge in [0.25, 0.3) is 0 Å². The number of aromatic nitrogens is 3. The number of rotatable bonds is 8. The minimum Gasteiger partial charge on any atom is -0.490 e. The Morgan fingerprint density at radius 2 is 1.88 bits per heavy atom. The van der Waals surface area contributed by atoms with Gasteiger partial charge < -0.3 is 14.2 Å². The summed E-state index contributed by atoms with van der Waals surface area (Å²) in [5, 5.41) is 10.4. The normalized spacial score (nSPS) is 10.5. The van der Waals surface area contributed by atoms with Crippen molar-refractivity contribution in [2.75, 3.05) is 19.8 Å². The van der Waals surface area contributed by atoms with Crippen molar-refractivity contribution in [3.8, 4) is 22.8 Å². The van der Waals surface area contributed by atoms with Crippen LogP contribution in [-0.2, 0) is 4.74 Å². The molecule has 0 atom stereocenters. The Morgan fingerprint density at radius 3 is 2.54 bits per heavy atom. The molecule has 7 nitrogen and oxygen atoms in total. The molecule has 1 heterocycles. The van der Waals surface area contributed by atoms with E-state index >= 15 is 0 Å². The molecule has 0 spiro atoms. The lowest BCUT2D eigenvalue weighted by atomic mass is 10.1. The van der Waals surface area contributed by atoms with Crippen molar-refractivity contribution in [2.45, 2.75) is 27.2 Å². The topological polar surface area (TPSA) is 86.3 Å². The number of nitrogens with zero attached hydrogens (tertiary/aromatic N) is 2. The molecule has 0 radical (unpaired) electrons. The number of hydrogen-bond acceptors (Lipinski definition) is 6. The van der Waals surface area contributed by atoms with Crippen LogP contribution < -0.4 is 9.47 Å². The van der Waals surface area contributed by atoms with E-state index in [4.69, 9.17) is 14.2 Å². The van der Waals surface area contributed by atoms with Gasteiger partial charge in [0.1, 0.15) is 5.69 Å². The fourth-order valence-corrected chi connectivity index (χ4v) is 2.58. The number of aromatic amines is 1. The van der Waals surface area contributed by atoms with Crippen LogP contribution in [0, 0.1) is 0 Å². The molecule has 24 heavy (non-hydrogen) atoms. The summed E-state index contributed by atoms with van der Waals surface area (Å²) in [5.74, 6) is 0.690. The fraction of sp³-hybridized carbons (Fsp3) is 0.438. The first kappa shape index (κ1) is 18.3. The summed E-state index contributed by atoms with van der Waals surface area (Å²) in [6.07, 6.45) is 0.890. The highest BCUT2D eigenvalue weighted by Gasteiger charge is 2.22. The molecule has 8 heteroatoms. The lowest BCUT2D eigenvalue weighted by Gasteiger charge is -2.14. The third-order valence-corrected chi connectivity index (χ3v) is 3.72. The second kappa shape index (κ2) is 8.68. The Bertz CT molecular complexity index is 703. The molecule has 1 aromatic heterocycles. The number of halogens is 1. The highest BCUT2D eigenvalue weighted by Crippen LogP contribution is 2.39. The van der Waals surface area contributed by atoms with Crippen molar-refractivity contribution in [3.05, 3.63) is 22.3 Å². The molecule has 0 unspecified atom stereocenters. The van der Waals surface area contributed by atoms with Gasteiger partial charge in [-0.05, 0) is 48.3 Å². The van der Waals surface area contributed by atoms with Gasteiger partial charge in [0.15, 0.2) is 17.2 Å². The maximum absolute atomic E-state index is 12.0. The Balaban J connectivity index is 2.46. The van der Waals surface area contributed by atoms with Gasteiger partial charge in [-0.25, -0.2) is 4.79 Å². The van der Waals surface area contributed by atoms with E-state index in [1.165, 1.54) is 0 Å². The van der Waals surface area contributed by atoms with Gasteiger partial charge in [-0.15, -0.1) is 5.10 Å². The van der Waals surface area contributed by atoms with Crippen LogP contribution in [0.5, 0.6) is 11.5 Å². The minimum atomic E-state index is -0.530. The van der Waals surface area contributed by atoms with Crippen LogP contribution in [-0.4, -0.2) is 41.2 Å². The Hall–Kier alpha value is -2.09. The van der Waals surface area contributed by atoms with Gasteiger partial charge in [-0.3, -0.25) is 0 Å². The van der Waals surface area contributed by atoms with Crippen molar-refractivity contribution >= 4 is 21.9 Å². The van der Waals surface area contributed by atoms with E-state index in [9.17, 15) is 4.79 Å². The molecule has 1 N–H and O–H groups in total. The number of hydrogen-bond donors (Lipinski definition) is 1. The first-order valence-corrected chi connectivity index (χ1v) is 8.58. The maximum atomic E-state index is 12.0. The molecule has 0 saturated heterocycles. The summed E-state index contributed by atoms with van der Waals surface area (Å²) in [7, 11) is 0. The summed E-state index contributed by atoms with van der Waals surface area (Å²) in [4.78, 5) is 12.0. The van der Waals surface area contributed by atoms with Crippen LogP contribution in [0.25, 0.3) is 11.3 Å². The standard InChI is InChI=1S/C16H20BrN3O4/c1-4-7-24-13-9-11(17)10(8-12(13)22-5-2)14-15(19-20-18-14)16(21)23-6-3/h8-9H,4-7H2,1-3H3,(H,18,19,20). The zero-order valence-electron chi connectivity index (χ0n) is 13.9. The van der Waals surface area contributed by atoms with E-state index < -0.39 is 5.97 Å². The number of nitrogens with one attached hydrogen (secondary N) is 1. The van der Waals surface area contributed by atoms with E-state index in [1.807, 2.05) is 13.8 Å². The molecule has 0 saturated carbocycles. The Kier molecular flexibility index (Phi) is 6.60. The van der Waals surface area contributed by atoms with Crippen molar-refractivity contribution in [2.24, 2.45) is 0 Å². The molecular weight excluding hydrogens is 378 g/mol. The summed E-state index contributed by atoms with van der Waals surface area (Å²) >= 11 is 3.50. The van der Waals surface area contributed by atoms with Crippen LogP contribution in [0.3, 0.4) is 0 Å². The summed E-state index contributed by atoms with van der Waals surface area (Å²) in [6, 6.07) is 3.58. The zero-order chi connectivity index (χ0) is 17.5. The quantitative estimate of drug-likeness (QED) is 0.684. The zero-order valence-corrected chi connectivity index (χ0v) is 15.5. The molecule has 0 aliphatic rings. The maximum Gasteiger partial charge on any atom is 0.361 e. The van der Waals surface area contributed by atoms with Crippen LogP contribution >= 0.6 is 15.9 Å². The summed E-state index contributed by atoms with van der Waals surface area (Å²) in [6.45, 7) is 7.01. The SMILES string of the molecule is CCCOc1cc(Br)c(-c2n[nH]nc2C(=O)OCC)cc1OCC. The van der Waals surface area contributed by atoms with E-state index in [1.54, 1.807) is 19.1 Å². The Labute approximate surface area is 148 Å². The molecule has 0 fully saturated rings. The van der Waals surface area contributed by atoms with Gasteiger partial charge >= 0.3 is 5.97 Å². The molecule has 0 amide bonds. The van der Waals surface area contributed by atoms with Crippen LogP contribution in [0.4, 0.5) is 0 Å². The minimum absolute atomic E-state index is 0.127. The van der Waals surface area contributed by atoms with E-state index in [0.717, 1.165) is 10.9 Å². The van der Waals surface area contributed by atoms with Gasteiger partial charge in [-0.2, -0.15) is 10.3 Å². The monoisotopic (exact) mass is 397 g/mol. The molecular formula is C16H20BrN3O4. The number of carbonyl (C=O) groups excluding carboxylic acids is 1. The number of H-pyrrole nitrogens is 1. The van der Waals surface area contributed by atoms with E-state index in [0.29, 0.717) is 36.0 Å². The lowest BCUT2D eigenvalue weighted by molar-refractivity contribution is 0.0520. The summed E-state index contributed by atoms with van der Waals surface area (Å²) in [5.41, 5.74) is 1.18. The fourth-order valence-electron chi connectivity index (χ4n) is 2.07. The molecule has 2 rings (SSSR count). The smallest absolute Gasteiger partial charge is 0.361 e. The van der Waals surface area contributed by atoms with Gasteiger partial charge in [0.2, 0.25) is 0 Å². The first-order valence-electron chi connectivity index (χ1n) is 7.79. The average Bonchev–Trinajstić information content (AvgIpc) is 3.04. The summed E-state index contributed by atoms with van der Waals surface area (Å²) < 4.78 is 17.1. The van der Waals surface area contributed by atoms with Gasteiger partial charge in [0.05, 0.1) is 19.8 Å². The highest BCUT2D eigenvalue weighted by molar-refractivity contribution is 9.10. The van der Waals surface area contributed by atoms with Crippen molar-refractivity contribution < 1.29 is 19.0 Å². The predicted octanol–water partition coefficient (Wildman–Crippen LogP) is 3.60. The third kappa shape index (κ3) is 4.05. The van der Waals surface area contributed by atoms with Gasteiger partial charge in [0, 0.05) is 10.0 Å². The average molecular weight is 398 g/mol. The second-order valence-corrected chi connectivity index (χ2v) is 5.66. The van der Waals surface area contributed by atoms with Gasteiger partial charge in [-0.1, -0.05) is 6.92 Å². The van der Waals surface area contributed by atoms with E-state index in [2.05, 4.69) is 31.3 Å². The molecule has 2 aromatic rings. The third-order valence-electron chi connectivity index (χ3n) is 3.07. The first-order chi connectivity index (χ1) is 11.6. The second-order valence-electron chi connectivity index (χ2n) is 4.80. The molecule has 0 bridgehead atoms. The van der Waals surface area contributed by atoms with Crippen LogP contribution in [0.1, 0.15) is 37.7 Å². The molecule has 0 aliphatic heterocycles. The number of ether oxygens (including phenoxy) is 3. The van der Waals surface area contributed by atoms with Crippen LogP contribution in [0.15, 0.2) is 16.6 Å². The number of esters is 1. The molecule has 1 aromatic carbocycles. The number of benzene rings is 1. The van der Waals surface area contributed by atoms with Crippen molar-refractivity contribution in [1.29, 1.82) is 0 Å². The van der Waals surface area contributed by atoms with E-state index in [-0.39, 0.29) is 12.3 Å². The van der Waals surface area contributed by atoms with Crippen LogP contribution in [0.2, 0.25) is 0 Å². The molecule has 130 valence electrons. The Morgan fingerprint density at radius 1 is 1.12 bits per heavy atom. The largest absolute Gasteiger partial charge is 0.490 e. The van der Waals surface area contributed by atoms with Crippen molar-refractivity contribution in [3.63, 3.8) is 0 Å². The van der Waals surface area contributed by atoms with Crippen molar-refractivity contribution in [1.82, 2.24) is 15.4 Å². The lowest BCUT2D eigenvalue weighted by Crippen LogP contribution is -2.07. The highest BCUT2D eigenvalue weighted by atomic mass is 79.9. The predicted molar refractivity (Wildman–Crippen MR) is 92.4 cm³/mol.